The van der Waals surface area contributed by atoms with Crippen molar-refractivity contribution in [3.05, 3.63) is 58.4 Å². The molecule has 0 amide bonds. The molecule has 0 N–H and O–H groups in total. The predicted octanol–water partition coefficient (Wildman–Crippen LogP) is 3.73. The SMILES string of the molecule is COc1ccc(C(=O)c2ccc(Cl)cc2OC)c(F)c1. The Bertz CT molecular complexity index is 656. The van der Waals surface area contributed by atoms with Gasteiger partial charge in [-0.2, -0.15) is 0 Å². The lowest BCUT2D eigenvalue weighted by molar-refractivity contribution is 0.103. The summed E-state index contributed by atoms with van der Waals surface area (Å²) in [5.74, 6) is -0.468. The molecule has 104 valence electrons. The van der Waals surface area contributed by atoms with Crippen molar-refractivity contribution in [3.63, 3.8) is 0 Å². The van der Waals surface area contributed by atoms with E-state index in [4.69, 9.17) is 21.1 Å². The fourth-order valence-corrected chi connectivity index (χ4v) is 1.97. The Kier molecular flexibility index (Phi) is 4.25. The Morgan fingerprint density at radius 2 is 1.75 bits per heavy atom. The number of benzene rings is 2. The van der Waals surface area contributed by atoms with Gasteiger partial charge in [0.05, 0.1) is 25.3 Å². The van der Waals surface area contributed by atoms with Crippen LogP contribution in [-0.2, 0) is 0 Å². The van der Waals surface area contributed by atoms with Gasteiger partial charge in [0.25, 0.3) is 0 Å². The van der Waals surface area contributed by atoms with Crippen LogP contribution < -0.4 is 9.47 Å². The molecule has 0 atom stereocenters. The van der Waals surface area contributed by atoms with Crippen LogP contribution in [0.2, 0.25) is 5.02 Å². The van der Waals surface area contributed by atoms with Crippen LogP contribution in [0.3, 0.4) is 0 Å². The molecule has 2 aromatic rings. The molecule has 0 spiro atoms. The summed E-state index contributed by atoms with van der Waals surface area (Å²) in [6, 6.07) is 8.64. The van der Waals surface area contributed by atoms with E-state index in [1.807, 2.05) is 0 Å². The highest BCUT2D eigenvalue weighted by Crippen LogP contribution is 2.27. The minimum absolute atomic E-state index is 0.0496. The normalized spacial score (nSPS) is 10.2. The molecule has 0 aromatic heterocycles. The third kappa shape index (κ3) is 2.75. The smallest absolute Gasteiger partial charge is 0.199 e. The largest absolute Gasteiger partial charge is 0.497 e. The highest BCUT2D eigenvalue weighted by molar-refractivity contribution is 6.31. The molecule has 2 aromatic carbocycles. The summed E-state index contributed by atoms with van der Waals surface area (Å²) in [4.78, 5) is 12.4. The first-order chi connectivity index (χ1) is 9.56. The minimum atomic E-state index is -0.647. The van der Waals surface area contributed by atoms with Gasteiger partial charge in [-0.25, -0.2) is 4.39 Å². The number of carbonyl (C=O) groups is 1. The van der Waals surface area contributed by atoms with Crippen molar-refractivity contribution in [1.29, 1.82) is 0 Å². The zero-order chi connectivity index (χ0) is 14.7. The van der Waals surface area contributed by atoms with Gasteiger partial charge < -0.3 is 9.47 Å². The first kappa shape index (κ1) is 14.3. The summed E-state index contributed by atoms with van der Waals surface area (Å²) >= 11 is 5.84. The van der Waals surface area contributed by atoms with Crippen molar-refractivity contribution in [2.45, 2.75) is 0 Å². The van der Waals surface area contributed by atoms with Gasteiger partial charge in [0.2, 0.25) is 0 Å². The molecular formula is C15H12ClFO3. The molecular weight excluding hydrogens is 283 g/mol. The molecule has 0 bridgehead atoms. The summed E-state index contributed by atoms with van der Waals surface area (Å²) in [5.41, 5.74) is 0.201. The van der Waals surface area contributed by atoms with Gasteiger partial charge in [-0.1, -0.05) is 11.6 Å². The number of rotatable bonds is 4. The van der Waals surface area contributed by atoms with Crippen molar-refractivity contribution in [3.8, 4) is 11.5 Å². The topological polar surface area (TPSA) is 35.5 Å². The monoisotopic (exact) mass is 294 g/mol. The highest BCUT2D eigenvalue weighted by Gasteiger charge is 2.18. The molecule has 0 radical (unpaired) electrons. The summed E-state index contributed by atoms with van der Waals surface area (Å²) in [6.07, 6.45) is 0. The first-order valence-corrected chi connectivity index (χ1v) is 6.16. The number of ether oxygens (including phenoxy) is 2. The van der Waals surface area contributed by atoms with E-state index in [1.54, 1.807) is 6.07 Å². The Morgan fingerprint density at radius 1 is 1.05 bits per heavy atom. The quantitative estimate of drug-likeness (QED) is 0.806. The maximum Gasteiger partial charge on any atom is 0.199 e. The van der Waals surface area contributed by atoms with E-state index < -0.39 is 11.6 Å². The minimum Gasteiger partial charge on any atom is -0.497 e. The summed E-state index contributed by atoms with van der Waals surface area (Å²) in [7, 11) is 2.85. The summed E-state index contributed by atoms with van der Waals surface area (Å²) in [6.45, 7) is 0. The van der Waals surface area contributed by atoms with Crippen LogP contribution in [0.25, 0.3) is 0 Å². The van der Waals surface area contributed by atoms with E-state index >= 15 is 0 Å². The number of carbonyl (C=O) groups excluding carboxylic acids is 1. The number of hydrogen-bond acceptors (Lipinski definition) is 3. The zero-order valence-electron chi connectivity index (χ0n) is 10.9. The van der Waals surface area contributed by atoms with Crippen LogP contribution in [0.4, 0.5) is 4.39 Å². The van der Waals surface area contributed by atoms with Crippen LogP contribution in [-0.4, -0.2) is 20.0 Å². The third-order valence-electron chi connectivity index (χ3n) is 2.83. The Balaban J connectivity index is 2.46. The van der Waals surface area contributed by atoms with Crippen LogP contribution in [0.5, 0.6) is 11.5 Å². The molecule has 20 heavy (non-hydrogen) atoms. The second kappa shape index (κ2) is 5.92. The van der Waals surface area contributed by atoms with E-state index in [1.165, 1.54) is 38.5 Å². The number of halogens is 2. The van der Waals surface area contributed by atoms with E-state index in [0.717, 1.165) is 6.07 Å². The van der Waals surface area contributed by atoms with E-state index in [9.17, 15) is 9.18 Å². The average Bonchev–Trinajstić information content (AvgIpc) is 2.46. The van der Waals surface area contributed by atoms with Crippen molar-refractivity contribution >= 4 is 17.4 Å². The second-order valence-corrected chi connectivity index (χ2v) is 4.46. The van der Waals surface area contributed by atoms with E-state index in [2.05, 4.69) is 0 Å². The van der Waals surface area contributed by atoms with Crippen molar-refractivity contribution < 1.29 is 18.7 Å². The maximum atomic E-state index is 13.9. The molecule has 0 unspecified atom stereocenters. The molecule has 0 aliphatic rings. The molecule has 0 aliphatic carbocycles. The molecule has 0 fully saturated rings. The molecule has 0 saturated heterocycles. The van der Waals surface area contributed by atoms with Gasteiger partial charge >= 0.3 is 0 Å². The lowest BCUT2D eigenvalue weighted by Gasteiger charge is -2.09. The Hall–Kier alpha value is -2.07. The first-order valence-electron chi connectivity index (χ1n) is 5.78. The van der Waals surface area contributed by atoms with E-state index in [0.29, 0.717) is 16.5 Å². The zero-order valence-corrected chi connectivity index (χ0v) is 11.7. The van der Waals surface area contributed by atoms with Gasteiger partial charge in [0.15, 0.2) is 5.78 Å². The van der Waals surface area contributed by atoms with Crippen LogP contribution in [0.1, 0.15) is 15.9 Å². The third-order valence-corrected chi connectivity index (χ3v) is 3.06. The maximum absolute atomic E-state index is 13.9. The van der Waals surface area contributed by atoms with Crippen LogP contribution in [0.15, 0.2) is 36.4 Å². The number of methoxy groups -OCH3 is 2. The number of hydrogen-bond donors (Lipinski definition) is 0. The highest BCUT2D eigenvalue weighted by atomic mass is 35.5. The second-order valence-electron chi connectivity index (χ2n) is 4.02. The Labute approximate surface area is 120 Å². The molecule has 5 heteroatoms. The summed E-state index contributed by atoms with van der Waals surface area (Å²) < 4.78 is 23.9. The predicted molar refractivity (Wildman–Crippen MR) is 74.4 cm³/mol. The fraction of sp³-hybridized carbons (Fsp3) is 0.133. The van der Waals surface area contributed by atoms with Crippen molar-refractivity contribution in [2.75, 3.05) is 14.2 Å². The lowest BCUT2D eigenvalue weighted by Crippen LogP contribution is -2.06. The van der Waals surface area contributed by atoms with Crippen LogP contribution >= 0.6 is 11.6 Å². The summed E-state index contributed by atoms with van der Waals surface area (Å²) in [5, 5.41) is 0.439. The molecule has 0 heterocycles. The molecule has 0 saturated carbocycles. The van der Waals surface area contributed by atoms with Crippen molar-refractivity contribution in [1.82, 2.24) is 0 Å². The average molecular weight is 295 g/mol. The molecule has 2 rings (SSSR count). The standard InChI is InChI=1S/C15H12ClFO3/c1-19-10-4-6-11(13(17)8-10)15(18)12-5-3-9(16)7-14(12)20-2/h3-8H,1-2H3. The van der Waals surface area contributed by atoms with Gasteiger partial charge in [-0.15, -0.1) is 0 Å². The molecule has 3 nitrogen and oxygen atoms in total. The van der Waals surface area contributed by atoms with E-state index in [-0.39, 0.29) is 11.1 Å². The molecule has 0 aliphatic heterocycles. The Morgan fingerprint density at radius 3 is 2.35 bits per heavy atom. The van der Waals surface area contributed by atoms with Crippen LogP contribution in [0, 0.1) is 5.82 Å². The number of ketones is 1. The van der Waals surface area contributed by atoms with Gasteiger partial charge in [0, 0.05) is 11.1 Å². The van der Waals surface area contributed by atoms with Gasteiger partial charge in [-0.05, 0) is 30.3 Å². The van der Waals surface area contributed by atoms with Crippen molar-refractivity contribution in [2.24, 2.45) is 0 Å². The van der Waals surface area contributed by atoms with Gasteiger partial charge in [0.1, 0.15) is 17.3 Å². The van der Waals surface area contributed by atoms with Gasteiger partial charge in [-0.3, -0.25) is 4.79 Å². The fourth-order valence-electron chi connectivity index (χ4n) is 1.80. The lowest BCUT2D eigenvalue weighted by atomic mass is 10.0.